The van der Waals surface area contributed by atoms with Crippen LogP contribution in [-0.4, -0.2) is 38.1 Å². The Labute approximate surface area is 173 Å². The van der Waals surface area contributed by atoms with Crippen molar-refractivity contribution in [2.75, 3.05) is 11.4 Å². The lowest BCUT2D eigenvalue weighted by atomic mass is 10.1. The third-order valence-electron chi connectivity index (χ3n) is 4.91. The average molecular weight is 418 g/mol. The summed E-state index contributed by atoms with van der Waals surface area (Å²) < 4.78 is 1.39. The molecule has 1 aliphatic rings. The maximum Gasteiger partial charge on any atom is 0.323 e. The van der Waals surface area contributed by atoms with Crippen molar-refractivity contribution >= 4 is 39.4 Å². The van der Waals surface area contributed by atoms with E-state index in [1.54, 1.807) is 24.3 Å². The third kappa shape index (κ3) is 2.71. The van der Waals surface area contributed by atoms with Crippen LogP contribution in [0.2, 0.25) is 0 Å². The second kappa shape index (κ2) is 6.60. The number of rotatable bonds is 3. The van der Waals surface area contributed by atoms with Crippen molar-refractivity contribution in [1.29, 1.82) is 0 Å². The molecule has 30 heavy (non-hydrogen) atoms. The molecule has 3 heterocycles. The van der Waals surface area contributed by atoms with E-state index < -0.39 is 24.0 Å². The van der Waals surface area contributed by atoms with Crippen molar-refractivity contribution in [3.05, 3.63) is 74.5 Å². The number of nitrogens with zero attached hydrogens (tertiary/aromatic N) is 4. The van der Waals surface area contributed by atoms with Crippen molar-refractivity contribution in [2.45, 2.75) is 6.92 Å². The van der Waals surface area contributed by atoms with E-state index in [0.717, 1.165) is 22.5 Å². The summed E-state index contributed by atoms with van der Waals surface area (Å²) in [6, 6.07) is 14.5. The van der Waals surface area contributed by atoms with Gasteiger partial charge in [-0.25, -0.2) is 0 Å². The van der Waals surface area contributed by atoms with Crippen LogP contribution in [0.15, 0.2) is 53.3 Å². The number of anilines is 1. The van der Waals surface area contributed by atoms with Gasteiger partial charge in [-0.3, -0.25) is 19.3 Å². The molecule has 148 valence electrons. The van der Waals surface area contributed by atoms with E-state index in [1.807, 2.05) is 31.2 Å². The summed E-state index contributed by atoms with van der Waals surface area (Å²) in [5.41, 5.74) is 2.64. The molecule has 0 aliphatic carbocycles. The van der Waals surface area contributed by atoms with E-state index in [-0.39, 0.29) is 10.1 Å². The number of carbonyl (C=O) groups excluding carboxylic acids is 1. The number of benzene rings is 2. The lowest BCUT2D eigenvalue weighted by Gasteiger charge is -2.13. The molecule has 2 aromatic carbocycles. The molecule has 0 fully saturated rings. The molecule has 0 radical (unpaired) electrons. The highest BCUT2D eigenvalue weighted by Crippen LogP contribution is 2.35. The van der Waals surface area contributed by atoms with Crippen LogP contribution < -0.4 is 15.0 Å². The molecule has 0 saturated heterocycles. The molecule has 1 aliphatic heterocycles. The quantitative estimate of drug-likeness (QED) is 0.540. The maximum absolute atomic E-state index is 13.1. The van der Waals surface area contributed by atoms with Gasteiger partial charge in [-0.1, -0.05) is 59.4 Å². The van der Waals surface area contributed by atoms with E-state index in [1.165, 1.54) is 9.42 Å². The van der Waals surface area contributed by atoms with Crippen molar-refractivity contribution in [3.8, 4) is 11.4 Å². The number of aromatic nitrogens is 3. The lowest BCUT2D eigenvalue weighted by Crippen LogP contribution is -2.35. The normalized spacial score (nSPS) is 15.1. The van der Waals surface area contributed by atoms with Crippen molar-refractivity contribution in [3.63, 3.8) is 0 Å². The largest absolute Gasteiger partial charge is 0.480 e. The number of carboxylic acid groups (broad SMARTS) is 1. The van der Waals surface area contributed by atoms with Crippen LogP contribution in [0.3, 0.4) is 0 Å². The molecule has 1 N–H and O–H groups in total. The Morgan fingerprint density at radius 3 is 2.53 bits per heavy atom. The van der Waals surface area contributed by atoms with Gasteiger partial charge in [0.2, 0.25) is 4.96 Å². The Bertz CT molecular complexity index is 1450. The Balaban J connectivity index is 1.70. The number of carboxylic acids is 1. The molecular formula is C21H14N4O4S. The molecule has 9 heteroatoms. The van der Waals surface area contributed by atoms with Crippen LogP contribution in [0.4, 0.5) is 5.69 Å². The van der Waals surface area contributed by atoms with Gasteiger partial charge in [0, 0.05) is 11.1 Å². The molecule has 2 aromatic heterocycles. The topological polar surface area (TPSA) is 105 Å². The van der Waals surface area contributed by atoms with Crippen LogP contribution in [0.1, 0.15) is 11.1 Å². The molecule has 0 atom stereocenters. The number of fused-ring (bicyclic) bond motifs is 2. The molecule has 8 nitrogen and oxygen atoms in total. The van der Waals surface area contributed by atoms with E-state index in [9.17, 15) is 19.5 Å². The summed E-state index contributed by atoms with van der Waals surface area (Å²) in [4.78, 5) is 43.3. The van der Waals surface area contributed by atoms with Crippen LogP contribution >= 0.6 is 11.3 Å². The van der Waals surface area contributed by atoms with Gasteiger partial charge in [-0.15, -0.1) is 5.10 Å². The molecule has 5 rings (SSSR count). The fourth-order valence-electron chi connectivity index (χ4n) is 3.50. The van der Waals surface area contributed by atoms with Gasteiger partial charge in [0.05, 0.1) is 11.3 Å². The Hall–Kier alpha value is -3.85. The fourth-order valence-corrected chi connectivity index (χ4v) is 4.50. The molecule has 0 saturated carbocycles. The second-order valence-electron chi connectivity index (χ2n) is 6.91. The fraction of sp³-hybridized carbons (Fsp3) is 0.0952. The van der Waals surface area contributed by atoms with Crippen molar-refractivity contribution in [2.24, 2.45) is 0 Å². The summed E-state index contributed by atoms with van der Waals surface area (Å²) >= 11 is 1.07. The summed E-state index contributed by atoms with van der Waals surface area (Å²) in [6.07, 6.45) is 0. The zero-order valence-electron chi connectivity index (χ0n) is 15.7. The molecule has 1 amide bonds. The van der Waals surface area contributed by atoms with E-state index >= 15 is 0 Å². The molecule has 0 bridgehead atoms. The summed E-state index contributed by atoms with van der Waals surface area (Å²) in [7, 11) is 0. The predicted molar refractivity (Wildman–Crippen MR) is 111 cm³/mol. The van der Waals surface area contributed by atoms with Crippen LogP contribution in [0, 0.1) is 6.92 Å². The van der Waals surface area contributed by atoms with Gasteiger partial charge in [-0.05, 0) is 13.0 Å². The Kier molecular flexibility index (Phi) is 4.00. The Morgan fingerprint density at radius 1 is 1.10 bits per heavy atom. The zero-order chi connectivity index (χ0) is 21.0. The lowest BCUT2D eigenvalue weighted by molar-refractivity contribution is -0.136. The minimum Gasteiger partial charge on any atom is -0.480 e. The first-order valence-corrected chi connectivity index (χ1v) is 9.89. The number of hydrogen-bond acceptors (Lipinski definition) is 6. The monoisotopic (exact) mass is 418 g/mol. The molecule has 0 unspecified atom stereocenters. The molecular weight excluding hydrogens is 404 g/mol. The number of carbonyl (C=O) groups is 2. The highest BCUT2D eigenvalue weighted by Gasteiger charge is 2.35. The SMILES string of the molecule is Cc1ccc(-c2nc3s/c(=C4\C(=O)N(CC(=O)O)c5ccccc54)c(=O)n3n2)cc1. The second-order valence-corrected chi connectivity index (χ2v) is 7.89. The highest BCUT2D eigenvalue weighted by atomic mass is 32.1. The van der Waals surface area contributed by atoms with Gasteiger partial charge < -0.3 is 5.11 Å². The van der Waals surface area contributed by atoms with Crippen molar-refractivity contribution in [1.82, 2.24) is 14.6 Å². The van der Waals surface area contributed by atoms with Gasteiger partial charge >= 0.3 is 5.97 Å². The number of para-hydroxylation sites is 1. The number of thiazole rings is 1. The van der Waals surface area contributed by atoms with Crippen LogP contribution in [0.25, 0.3) is 21.9 Å². The first-order valence-electron chi connectivity index (χ1n) is 9.08. The van der Waals surface area contributed by atoms with Gasteiger partial charge in [0.25, 0.3) is 11.5 Å². The summed E-state index contributed by atoms with van der Waals surface area (Å²) in [6.45, 7) is 1.50. The molecule has 4 aromatic rings. The minimum absolute atomic E-state index is 0.186. The standard InChI is InChI=1S/C21H14N4O4S/c1-11-6-8-12(9-7-11)18-22-21-25(23-18)20(29)17(30-21)16-13-4-2-3-5-14(13)24(19(16)28)10-15(26)27/h2-9H,10H2,1H3,(H,26,27)/b17-16-. The van der Waals surface area contributed by atoms with Crippen molar-refractivity contribution < 1.29 is 14.7 Å². The predicted octanol–water partition coefficient (Wildman–Crippen LogP) is 1.48. The summed E-state index contributed by atoms with van der Waals surface area (Å²) in [5, 5.41) is 13.5. The maximum atomic E-state index is 13.1. The van der Waals surface area contributed by atoms with E-state index in [4.69, 9.17) is 0 Å². The average Bonchev–Trinajstić information content (AvgIpc) is 3.35. The first-order chi connectivity index (χ1) is 14.4. The number of aryl methyl sites for hydroxylation is 1. The van der Waals surface area contributed by atoms with E-state index in [0.29, 0.717) is 22.0 Å². The van der Waals surface area contributed by atoms with Crippen LogP contribution in [0.5, 0.6) is 0 Å². The highest BCUT2D eigenvalue weighted by molar-refractivity contribution is 7.15. The number of amides is 1. The van der Waals surface area contributed by atoms with Gasteiger partial charge in [-0.2, -0.15) is 9.50 Å². The number of aliphatic carboxylic acids is 1. The molecule has 0 spiro atoms. The van der Waals surface area contributed by atoms with Crippen LogP contribution in [-0.2, 0) is 9.59 Å². The number of hydrogen-bond donors (Lipinski definition) is 1. The van der Waals surface area contributed by atoms with E-state index in [2.05, 4.69) is 10.1 Å². The zero-order valence-corrected chi connectivity index (χ0v) is 16.5. The minimum atomic E-state index is -1.13. The summed E-state index contributed by atoms with van der Waals surface area (Å²) in [5.74, 6) is -1.22. The van der Waals surface area contributed by atoms with Gasteiger partial charge in [0.15, 0.2) is 5.82 Å². The van der Waals surface area contributed by atoms with Gasteiger partial charge in [0.1, 0.15) is 11.1 Å². The first kappa shape index (κ1) is 18.2. The third-order valence-corrected chi connectivity index (χ3v) is 5.94. The Morgan fingerprint density at radius 2 is 1.83 bits per heavy atom. The smallest absolute Gasteiger partial charge is 0.323 e.